The standard InChI is InChI=1S/C10H17BrO2/c11-7-3-1-4-8-12-10-6-2-5-9-13-10/h1,4,10H,2-3,5-9H2/b4-1+/t10-/m1/s1. The van der Waals surface area contributed by atoms with E-state index in [1.54, 1.807) is 0 Å². The van der Waals surface area contributed by atoms with Gasteiger partial charge in [-0.3, -0.25) is 0 Å². The molecule has 2 nitrogen and oxygen atoms in total. The number of hydrogen-bond donors (Lipinski definition) is 0. The zero-order chi connectivity index (χ0) is 9.36. The van der Waals surface area contributed by atoms with E-state index in [2.05, 4.69) is 28.1 Å². The zero-order valence-corrected chi connectivity index (χ0v) is 9.46. The molecule has 0 unspecified atom stereocenters. The zero-order valence-electron chi connectivity index (χ0n) is 7.88. The van der Waals surface area contributed by atoms with Crippen LogP contribution in [-0.4, -0.2) is 24.8 Å². The van der Waals surface area contributed by atoms with Gasteiger partial charge >= 0.3 is 0 Å². The molecule has 0 bridgehead atoms. The summed E-state index contributed by atoms with van der Waals surface area (Å²) >= 11 is 3.36. The molecule has 3 heteroatoms. The van der Waals surface area contributed by atoms with Gasteiger partial charge in [0.1, 0.15) is 0 Å². The Bertz CT molecular complexity index is 142. The van der Waals surface area contributed by atoms with E-state index in [4.69, 9.17) is 9.47 Å². The number of allylic oxidation sites excluding steroid dienone is 1. The van der Waals surface area contributed by atoms with Crippen molar-refractivity contribution in [3.8, 4) is 0 Å². The number of ether oxygens (including phenoxy) is 2. The van der Waals surface area contributed by atoms with Gasteiger partial charge < -0.3 is 9.47 Å². The highest BCUT2D eigenvalue weighted by atomic mass is 79.9. The van der Waals surface area contributed by atoms with Gasteiger partial charge in [-0.15, -0.1) is 0 Å². The number of alkyl halides is 1. The molecule has 0 aromatic carbocycles. The van der Waals surface area contributed by atoms with Gasteiger partial charge in [-0.05, 0) is 25.7 Å². The lowest BCUT2D eigenvalue weighted by Crippen LogP contribution is -2.22. The van der Waals surface area contributed by atoms with Crippen molar-refractivity contribution in [1.29, 1.82) is 0 Å². The minimum atomic E-state index is 0.0439. The van der Waals surface area contributed by atoms with E-state index in [1.807, 2.05) is 0 Å². The van der Waals surface area contributed by atoms with Crippen LogP contribution in [0.25, 0.3) is 0 Å². The van der Waals surface area contributed by atoms with Crippen LogP contribution >= 0.6 is 15.9 Å². The average Bonchev–Trinajstić information content (AvgIpc) is 2.19. The van der Waals surface area contributed by atoms with Gasteiger partial charge in [0, 0.05) is 11.9 Å². The van der Waals surface area contributed by atoms with Gasteiger partial charge in [0.15, 0.2) is 6.29 Å². The quantitative estimate of drug-likeness (QED) is 0.551. The molecule has 1 aliphatic rings. The average molecular weight is 249 g/mol. The summed E-state index contributed by atoms with van der Waals surface area (Å²) in [6, 6.07) is 0. The first-order valence-corrected chi connectivity index (χ1v) is 6.00. The summed E-state index contributed by atoms with van der Waals surface area (Å²) in [6.45, 7) is 1.54. The maximum Gasteiger partial charge on any atom is 0.157 e. The molecule has 1 rings (SSSR count). The third-order valence-electron chi connectivity index (χ3n) is 1.96. The minimum absolute atomic E-state index is 0.0439. The van der Waals surface area contributed by atoms with Gasteiger partial charge in [-0.1, -0.05) is 28.1 Å². The Morgan fingerprint density at radius 1 is 1.38 bits per heavy atom. The minimum Gasteiger partial charge on any atom is -0.353 e. The normalized spacial score (nSPS) is 23.9. The van der Waals surface area contributed by atoms with Crippen molar-refractivity contribution in [1.82, 2.24) is 0 Å². The molecule has 0 aromatic rings. The van der Waals surface area contributed by atoms with Gasteiger partial charge in [0.2, 0.25) is 0 Å². The molecule has 1 atom stereocenters. The molecule has 1 aliphatic heterocycles. The molecule has 0 aromatic heterocycles. The Labute approximate surface area is 88.4 Å². The van der Waals surface area contributed by atoms with Crippen LogP contribution in [0.3, 0.4) is 0 Å². The van der Waals surface area contributed by atoms with Crippen LogP contribution in [0.5, 0.6) is 0 Å². The molecule has 0 aliphatic carbocycles. The number of hydrogen-bond acceptors (Lipinski definition) is 2. The lowest BCUT2D eigenvalue weighted by molar-refractivity contribution is -0.155. The van der Waals surface area contributed by atoms with Crippen LogP contribution in [0.15, 0.2) is 12.2 Å². The highest BCUT2D eigenvalue weighted by Gasteiger charge is 2.12. The summed E-state index contributed by atoms with van der Waals surface area (Å²) in [6.07, 6.45) is 8.75. The Morgan fingerprint density at radius 3 is 3.00 bits per heavy atom. The summed E-state index contributed by atoms with van der Waals surface area (Å²) in [5, 5.41) is 1.02. The molecule has 0 spiro atoms. The maximum atomic E-state index is 5.51. The van der Waals surface area contributed by atoms with E-state index < -0.39 is 0 Å². The molecule has 76 valence electrons. The molecule has 0 N–H and O–H groups in total. The van der Waals surface area contributed by atoms with Crippen LogP contribution in [0.4, 0.5) is 0 Å². The highest BCUT2D eigenvalue weighted by molar-refractivity contribution is 9.09. The third-order valence-corrected chi connectivity index (χ3v) is 2.42. The van der Waals surface area contributed by atoms with E-state index >= 15 is 0 Å². The fraction of sp³-hybridized carbons (Fsp3) is 0.800. The molecular formula is C10H17BrO2. The van der Waals surface area contributed by atoms with Crippen molar-refractivity contribution in [2.45, 2.75) is 32.0 Å². The molecule has 1 fully saturated rings. The monoisotopic (exact) mass is 248 g/mol. The fourth-order valence-electron chi connectivity index (χ4n) is 1.25. The molecule has 0 amide bonds. The Hall–Kier alpha value is 0.140. The summed E-state index contributed by atoms with van der Waals surface area (Å²) < 4.78 is 10.9. The summed E-state index contributed by atoms with van der Waals surface area (Å²) in [4.78, 5) is 0. The SMILES string of the molecule is BrCC/C=C/CO[C@H]1CCCCO1. The fourth-order valence-corrected chi connectivity index (χ4v) is 1.52. The topological polar surface area (TPSA) is 18.5 Å². The third kappa shape index (κ3) is 5.45. The maximum absolute atomic E-state index is 5.51. The van der Waals surface area contributed by atoms with E-state index in [9.17, 15) is 0 Å². The van der Waals surface area contributed by atoms with Crippen LogP contribution in [0, 0.1) is 0 Å². The summed E-state index contributed by atoms with van der Waals surface area (Å²) in [5.74, 6) is 0. The van der Waals surface area contributed by atoms with Gasteiger partial charge in [-0.2, -0.15) is 0 Å². The van der Waals surface area contributed by atoms with Crippen molar-refractivity contribution in [3.63, 3.8) is 0 Å². The predicted molar refractivity (Wildman–Crippen MR) is 57.1 cm³/mol. The van der Waals surface area contributed by atoms with Crippen molar-refractivity contribution in [2.24, 2.45) is 0 Å². The smallest absolute Gasteiger partial charge is 0.157 e. The lowest BCUT2D eigenvalue weighted by atomic mass is 10.2. The molecule has 0 saturated carbocycles. The van der Waals surface area contributed by atoms with Crippen LogP contribution in [0.1, 0.15) is 25.7 Å². The second-order valence-corrected chi connectivity index (χ2v) is 3.87. The molecular weight excluding hydrogens is 232 g/mol. The second kappa shape index (κ2) is 7.54. The molecule has 1 heterocycles. The van der Waals surface area contributed by atoms with Crippen molar-refractivity contribution in [2.75, 3.05) is 18.5 Å². The van der Waals surface area contributed by atoms with Crippen molar-refractivity contribution >= 4 is 15.9 Å². The first-order chi connectivity index (χ1) is 6.43. The Morgan fingerprint density at radius 2 is 2.31 bits per heavy atom. The largest absolute Gasteiger partial charge is 0.353 e. The van der Waals surface area contributed by atoms with Crippen LogP contribution in [0.2, 0.25) is 0 Å². The van der Waals surface area contributed by atoms with E-state index in [0.29, 0.717) is 6.61 Å². The second-order valence-electron chi connectivity index (χ2n) is 3.08. The van der Waals surface area contributed by atoms with E-state index in [0.717, 1.165) is 24.8 Å². The van der Waals surface area contributed by atoms with Crippen molar-refractivity contribution in [3.05, 3.63) is 12.2 Å². The van der Waals surface area contributed by atoms with Gasteiger partial charge in [0.05, 0.1) is 6.61 Å². The molecule has 0 radical (unpaired) electrons. The lowest BCUT2D eigenvalue weighted by Gasteiger charge is -2.21. The highest BCUT2D eigenvalue weighted by Crippen LogP contribution is 2.13. The Kier molecular flexibility index (Phi) is 6.50. The summed E-state index contributed by atoms with van der Waals surface area (Å²) in [5.41, 5.74) is 0. The number of rotatable bonds is 5. The molecule has 1 saturated heterocycles. The van der Waals surface area contributed by atoms with Crippen LogP contribution in [-0.2, 0) is 9.47 Å². The van der Waals surface area contributed by atoms with Gasteiger partial charge in [-0.25, -0.2) is 0 Å². The first-order valence-electron chi connectivity index (χ1n) is 4.87. The van der Waals surface area contributed by atoms with Crippen LogP contribution < -0.4 is 0 Å². The number of halogens is 1. The first kappa shape index (κ1) is 11.2. The van der Waals surface area contributed by atoms with E-state index in [1.165, 1.54) is 12.8 Å². The predicted octanol–water partition coefficient (Wildman–Crippen LogP) is 2.87. The Balaban J connectivity index is 1.97. The van der Waals surface area contributed by atoms with E-state index in [-0.39, 0.29) is 6.29 Å². The van der Waals surface area contributed by atoms with Crippen molar-refractivity contribution < 1.29 is 9.47 Å². The molecule has 13 heavy (non-hydrogen) atoms. The van der Waals surface area contributed by atoms with Gasteiger partial charge in [0.25, 0.3) is 0 Å². The summed E-state index contributed by atoms with van der Waals surface area (Å²) in [7, 11) is 0.